The lowest BCUT2D eigenvalue weighted by Gasteiger charge is -2.31. The Balaban J connectivity index is 1.11. The van der Waals surface area contributed by atoms with Gasteiger partial charge in [0.2, 0.25) is 5.95 Å². The minimum Gasteiger partial charge on any atom is -0.382 e. The molecule has 2 unspecified atom stereocenters. The zero-order valence-corrected chi connectivity index (χ0v) is 26.8. The number of hydrogen-bond acceptors (Lipinski definition) is 19. The van der Waals surface area contributed by atoms with Gasteiger partial charge in [-0.25, -0.2) is 19.8 Å². The van der Waals surface area contributed by atoms with E-state index in [1.165, 1.54) is 19.8 Å². The Morgan fingerprint density at radius 3 is 2.89 bits per heavy atom. The second-order valence-electron chi connectivity index (χ2n) is 10.2. The van der Waals surface area contributed by atoms with E-state index < -0.39 is 68.8 Å². The highest BCUT2D eigenvalue weighted by Crippen LogP contribution is 2.54. The predicted molar refractivity (Wildman–Crippen MR) is 158 cm³/mol. The number of hydrogen-bond donors (Lipinski definition) is 5. The van der Waals surface area contributed by atoms with E-state index in [-0.39, 0.29) is 36.0 Å². The van der Waals surface area contributed by atoms with Gasteiger partial charge >= 0.3 is 13.9 Å². The first-order chi connectivity index (χ1) is 22.0. The van der Waals surface area contributed by atoms with E-state index >= 15 is 0 Å². The van der Waals surface area contributed by atoms with Crippen LogP contribution in [0.5, 0.6) is 0 Å². The van der Waals surface area contributed by atoms with Gasteiger partial charge in [-0.15, -0.1) is 9.62 Å². The first kappa shape index (κ1) is 31.8. The Morgan fingerprint density at radius 2 is 2.11 bits per heavy atom. The molecule has 6 N–H and O–H groups in total. The fourth-order valence-electron chi connectivity index (χ4n) is 5.45. The van der Waals surface area contributed by atoms with E-state index in [1.54, 1.807) is 4.57 Å². The van der Waals surface area contributed by atoms with Crippen molar-refractivity contribution < 1.29 is 47.0 Å². The average molecular weight is 721 g/mol. The van der Waals surface area contributed by atoms with Gasteiger partial charge in [-0.2, -0.15) is 14.6 Å². The number of nitrogens with zero attached hydrogens (tertiary/aromatic N) is 8. The van der Waals surface area contributed by atoms with Crippen LogP contribution in [0, 0.1) is 0 Å². The van der Waals surface area contributed by atoms with Crippen LogP contribution in [-0.4, -0.2) is 99.9 Å². The number of anilines is 2. The molecule has 22 nitrogen and oxygen atoms in total. The minimum absolute atomic E-state index is 0.0253. The van der Waals surface area contributed by atoms with Gasteiger partial charge in [0.05, 0.1) is 12.4 Å². The van der Waals surface area contributed by atoms with E-state index in [0.29, 0.717) is 11.2 Å². The van der Waals surface area contributed by atoms with Crippen LogP contribution < -0.4 is 17.0 Å². The molecule has 3 saturated heterocycles. The van der Waals surface area contributed by atoms with E-state index in [0.717, 1.165) is 4.68 Å². The number of nitrogens with one attached hydrogen (secondary N) is 1. The van der Waals surface area contributed by atoms with Crippen LogP contribution in [-0.2, 0) is 53.9 Å². The number of aromatic amines is 1. The SMILES string of the molecule is CO[C@H]1[C@H]2OO[C@]1(COP(O)(=S)O[C@@H]1C[C@@H](CO[P+](=O)S)O[C@H]1n1nnc3c(=O)[nH]c(N)nc31)O[C@H]2n1cnc2c(N)ncnc21. The number of methoxy groups -OCH3 is 1. The maximum absolute atomic E-state index is 12.3. The molecule has 2 bridgehead atoms. The Labute approximate surface area is 267 Å². The summed E-state index contributed by atoms with van der Waals surface area (Å²) in [6.45, 7) is -4.80. The van der Waals surface area contributed by atoms with Gasteiger partial charge in [-0.3, -0.25) is 14.3 Å². The van der Waals surface area contributed by atoms with E-state index in [1.807, 2.05) is 0 Å². The fraction of sp³-hybridized carbons (Fsp3) is 0.550. The molecule has 0 saturated carbocycles. The zero-order valence-electron chi connectivity index (χ0n) is 23.3. The van der Waals surface area contributed by atoms with Crippen LogP contribution >= 0.6 is 26.2 Å². The molecule has 9 atom stereocenters. The molecule has 0 radical (unpaired) electrons. The quantitative estimate of drug-likeness (QED) is 0.0748. The summed E-state index contributed by atoms with van der Waals surface area (Å²) in [7, 11) is -0.828. The Morgan fingerprint density at radius 1 is 1.28 bits per heavy atom. The van der Waals surface area contributed by atoms with Crippen molar-refractivity contribution in [1.29, 1.82) is 0 Å². The third-order valence-corrected chi connectivity index (χ3v) is 9.64. The fourth-order valence-corrected chi connectivity index (χ4v) is 7.37. The largest absolute Gasteiger partial charge is 0.582 e. The first-order valence-corrected chi connectivity index (χ1v) is 18.1. The molecule has 246 valence electrons. The molecule has 3 fully saturated rings. The maximum atomic E-state index is 12.3. The molecule has 7 rings (SSSR count). The van der Waals surface area contributed by atoms with Gasteiger partial charge in [0.1, 0.15) is 43.4 Å². The number of aromatic nitrogens is 9. The van der Waals surface area contributed by atoms with Gasteiger partial charge in [0.15, 0.2) is 47.3 Å². The summed E-state index contributed by atoms with van der Waals surface area (Å²) in [5.41, 5.74) is 11.6. The lowest BCUT2D eigenvalue weighted by atomic mass is 10.1. The van der Waals surface area contributed by atoms with Crippen LogP contribution in [0.3, 0.4) is 0 Å². The minimum atomic E-state index is -4.14. The van der Waals surface area contributed by atoms with Gasteiger partial charge in [0, 0.05) is 13.5 Å². The second-order valence-corrected chi connectivity index (χ2v) is 14.7. The van der Waals surface area contributed by atoms with Gasteiger partial charge < -0.3 is 39.6 Å². The maximum Gasteiger partial charge on any atom is 0.582 e. The molecule has 0 spiro atoms. The summed E-state index contributed by atoms with van der Waals surface area (Å²) in [5.74, 6) is -1.71. The second kappa shape index (κ2) is 12.0. The molecule has 46 heavy (non-hydrogen) atoms. The molecule has 7 heterocycles. The average Bonchev–Trinajstić information content (AvgIpc) is 3.82. The third-order valence-electron chi connectivity index (χ3n) is 7.36. The van der Waals surface area contributed by atoms with Crippen molar-refractivity contribution in [3.8, 4) is 0 Å². The highest BCUT2D eigenvalue weighted by Gasteiger charge is 2.66. The van der Waals surface area contributed by atoms with E-state index in [4.69, 9.17) is 60.8 Å². The van der Waals surface area contributed by atoms with Gasteiger partial charge in [-0.1, -0.05) is 5.21 Å². The summed E-state index contributed by atoms with van der Waals surface area (Å²) in [5, 5.41) is 7.83. The molecular formula is C20H24N11O11P2S2+. The number of H-pyrrole nitrogens is 1. The lowest BCUT2D eigenvalue weighted by molar-refractivity contribution is -0.453. The van der Waals surface area contributed by atoms with Crippen LogP contribution in [0.25, 0.3) is 22.3 Å². The number of fused-ring (bicyclic) bond motifs is 4. The number of imidazole rings is 1. The molecule has 4 aromatic rings. The molecule has 26 heteroatoms. The van der Waals surface area contributed by atoms with Crippen LogP contribution in [0.2, 0.25) is 0 Å². The zero-order chi connectivity index (χ0) is 32.4. The molecule has 0 aromatic carbocycles. The Bertz CT molecular complexity index is 1930. The summed E-state index contributed by atoms with van der Waals surface area (Å²) < 4.78 is 48.8. The standard InChI is InChI=1S/C20H23N11O11P2S2/c1-35-12-11-18(30-6-25-9-13(21)23-5-24-14(9)30)39-20(12,42-40-11)4-37-44(34,46)41-8-2-7(3-36-43(33)45)38-17(8)31-15-10(28-29-31)16(32)27-19(22)26-15/h5-8,11-12,17-18H,2-4H2,1H3,(H6-,21,22,23,24,26,27,29,32,33,34,45,46)/p+1/t7-,8+,11+,12-,17+,18+,20-,44?/m0/s1. The van der Waals surface area contributed by atoms with Crippen LogP contribution in [0.4, 0.5) is 11.8 Å². The molecular weight excluding hydrogens is 696 g/mol. The molecule has 0 amide bonds. The third kappa shape index (κ3) is 5.57. The van der Waals surface area contributed by atoms with Gasteiger partial charge in [-0.05, 0) is 16.4 Å². The highest BCUT2D eigenvalue weighted by atomic mass is 32.7. The first-order valence-electron chi connectivity index (χ1n) is 13.2. The number of nitrogen functional groups attached to an aromatic ring is 2. The number of nitrogens with two attached hydrogens (primary N) is 2. The van der Waals surface area contributed by atoms with Crippen molar-refractivity contribution in [2.75, 3.05) is 31.8 Å². The summed E-state index contributed by atoms with van der Waals surface area (Å²) in [6, 6.07) is 0. The van der Waals surface area contributed by atoms with Gasteiger partial charge in [0.25, 0.3) is 11.3 Å². The van der Waals surface area contributed by atoms with Crippen LogP contribution in [0.1, 0.15) is 18.9 Å². The predicted octanol–water partition coefficient (Wildman–Crippen LogP) is -0.401. The number of rotatable bonds is 11. The van der Waals surface area contributed by atoms with Crippen LogP contribution in [0.15, 0.2) is 17.4 Å². The smallest absolute Gasteiger partial charge is 0.382 e. The molecule has 0 aliphatic carbocycles. The van der Waals surface area contributed by atoms with Crippen molar-refractivity contribution in [1.82, 2.24) is 44.5 Å². The van der Waals surface area contributed by atoms with Crippen molar-refractivity contribution in [2.24, 2.45) is 0 Å². The summed E-state index contributed by atoms with van der Waals surface area (Å²) >= 11 is 9.10. The Kier molecular flexibility index (Phi) is 8.29. The summed E-state index contributed by atoms with van der Waals surface area (Å²) in [6.07, 6.45) is -2.67. The van der Waals surface area contributed by atoms with Crippen molar-refractivity contribution >= 4 is 72.1 Å². The molecule has 4 aromatic heterocycles. The number of ether oxygens (including phenoxy) is 3. The molecule has 3 aliphatic heterocycles. The van der Waals surface area contributed by atoms with Crippen molar-refractivity contribution in [2.45, 2.75) is 49.1 Å². The number of thiol groups is 1. The normalized spacial score (nSPS) is 30.8. The monoisotopic (exact) mass is 720 g/mol. The summed E-state index contributed by atoms with van der Waals surface area (Å²) in [4.78, 5) is 53.4. The Hall–Kier alpha value is -2.83. The molecule has 3 aliphatic rings. The lowest BCUT2D eigenvalue weighted by Crippen LogP contribution is -2.44. The van der Waals surface area contributed by atoms with E-state index in [9.17, 15) is 14.3 Å². The highest BCUT2D eigenvalue weighted by molar-refractivity contribution is 8.39. The van der Waals surface area contributed by atoms with E-state index in [2.05, 4.69) is 47.5 Å². The van der Waals surface area contributed by atoms with Crippen molar-refractivity contribution in [3.63, 3.8) is 0 Å². The topological polar surface area (TPSA) is 283 Å². The van der Waals surface area contributed by atoms with Crippen molar-refractivity contribution in [3.05, 3.63) is 23.0 Å².